The Morgan fingerprint density at radius 1 is 1.10 bits per heavy atom. The molecule has 2 aliphatic carbocycles. The van der Waals surface area contributed by atoms with Gasteiger partial charge in [-0.2, -0.15) is 0 Å². The fourth-order valence-corrected chi connectivity index (χ4v) is 4.82. The lowest BCUT2D eigenvalue weighted by atomic mass is 9.68. The number of hydrogen-bond donors (Lipinski definition) is 0. The van der Waals surface area contributed by atoms with Crippen molar-refractivity contribution in [2.24, 2.45) is 17.3 Å². The van der Waals surface area contributed by atoms with E-state index in [-0.39, 0.29) is 5.60 Å². The molecule has 2 fully saturated rings. The highest BCUT2D eigenvalue weighted by atomic mass is 79.9. The maximum Gasteiger partial charge on any atom is 0.0782 e. The largest absolute Gasteiger partial charge is 0.371 e. The minimum atomic E-state index is 0.128. The molecule has 2 atom stereocenters. The molecule has 0 amide bonds. The second-order valence-corrected chi connectivity index (χ2v) is 9.03. The van der Waals surface area contributed by atoms with Gasteiger partial charge < -0.3 is 4.74 Å². The molecule has 0 spiro atoms. The highest BCUT2D eigenvalue weighted by Crippen LogP contribution is 2.45. The zero-order valence-corrected chi connectivity index (χ0v) is 15.5. The summed E-state index contributed by atoms with van der Waals surface area (Å²) in [7, 11) is 0. The third-order valence-corrected chi connectivity index (χ3v) is 6.69. The molecular weight excluding hydrogens is 312 g/mol. The highest BCUT2D eigenvalue weighted by molar-refractivity contribution is 9.09. The molecule has 2 aliphatic rings. The Kier molecular flexibility index (Phi) is 5.62. The van der Waals surface area contributed by atoms with Crippen molar-refractivity contribution in [3.8, 4) is 0 Å². The minimum absolute atomic E-state index is 0.128. The van der Waals surface area contributed by atoms with E-state index >= 15 is 0 Å². The summed E-state index contributed by atoms with van der Waals surface area (Å²) in [5, 5.41) is 1.02. The van der Waals surface area contributed by atoms with Crippen LogP contribution in [-0.4, -0.2) is 17.0 Å². The van der Waals surface area contributed by atoms with Gasteiger partial charge in [-0.1, -0.05) is 56.5 Å². The van der Waals surface area contributed by atoms with Gasteiger partial charge in [0.15, 0.2) is 0 Å². The van der Waals surface area contributed by atoms with Gasteiger partial charge in [0, 0.05) is 5.33 Å². The Labute approximate surface area is 134 Å². The van der Waals surface area contributed by atoms with Crippen LogP contribution in [0.3, 0.4) is 0 Å². The minimum Gasteiger partial charge on any atom is -0.371 e. The Morgan fingerprint density at radius 2 is 1.75 bits per heavy atom. The predicted molar refractivity (Wildman–Crippen MR) is 90.4 cm³/mol. The van der Waals surface area contributed by atoms with Crippen molar-refractivity contribution in [3.63, 3.8) is 0 Å². The summed E-state index contributed by atoms with van der Waals surface area (Å²) in [5.74, 6) is 1.72. The van der Waals surface area contributed by atoms with Gasteiger partial charge in [0.1, 0.15) is 0 Å². The summed E-state index contributed by atoms with van der Waals surface area (Å²) in [4.78, 5) is 0. The van der Waals surface area contributed by atoms with Crippen LogP contribution >= 0.6 is 15.9 Å². The molecule has 20 heavy (non-hydrogen) atoms. The summed E-state index contributed by atoms with van der Waals surface area (Å²) < 4.78 is 6.65. The third-order valence-electron chi connectivity index (χ3n) is 5.67. The molecule has 0 saturated heterocycles. The smallest absolute Gasteiger partial charge is 0.0782 e. The first-order valence-corrected chi connectivity index (χ1v) is 9.70. The fourth-order valence-electron chi connectivity index (χ4n) is 4.13. The topological polar surface area (TPSA) is 9.23 Å². The highest BCUT2D eigenvalue weighted by Gasteiger charge is 2.40. The van der Waals surface area contributed by atoms with Crippen LogP contribution in [0.5, 0.6) is 0 Å². The second-order valence-electron chi connectivity index (χ2n) is 8.47. The van der Waals surface area contributed by atoms with Crippen LogP contribution in [0, 0.1) is 17.3 Å². The quantitative estimate of drug-likeness (QED) is 0.574. The molecule has 0 aromatic carbocycles. The van der Waals surface area contributed by atoms with E-state index in [4.69, 9.17) is 4.74 Å². The molecule has 118 valence electrons. The molecule has 0 heterocycles. The number of alkyl halides is 1. The van der Waals surface area contributed by atoms with E-state index in [0.29, 0.717) is 11.5 Å². The molecule has 0 N–H and O–H groups in total. The normalized spacial score (nSPS) is 39.8. The third kappa shape index (κ3) is 4.22. The van der Waals surface area contributed by atoms with Crippen molar-refractivity contribution >= 4 is 15.9 Å². The van der Waals surface area contributed by atoms with E-state index in [0.717, 1.165) is 17.2 Å². The van der Waals surface area contributed by atoms with Gasteiger partial charge in [-0.25, -0.2) is 0 Å². The van der Waals surface area contributed by atoms with Crippen LogP contribution in [0.1, 0.15) is 79.1 Å². The van der Waals surface area contributed by atoms with Gasteiger partial charge >= 0.3 is 0 Å². The van der Waals surface area contributed by atoms with Crippen LogP contribution < -0.4 is 0 Å². The molecule has 0 aromatic rings. The average molecular weight is 345 g/mol. The lowest BCUT2D eigenvalue weighted by Gasteiger charge is -2.45. The molecule has 0 radical (unpaired) electrons. The second kappa shape index (κ2) is 6.69. The predicted octanol–water partition coefficient (Wildman–Crippen LogP) is 5.95. The van der Waals surface area contributed by atoms with Crippen LogP contribution in [0.25, 0.3) is 0 Å². The van der Waals surface area contributed by atoms with Gasteiger partial charge in [-0.3, -0.25) is 0 Å². The summed E-state index contributed by atoms with van der Waals surface area (Å²) in [5.41, 5.74) is 0.585. The number of ether oxygens (including phenoxy) is 1. The van der Waals surface area contributed by atoms with Gasteiger partial charge in [0.2, 0.25) is 0 Å². The van der Waals surface area contributed by atoms with Crippen LogP contribution in [0.4, 0.5) is 0 Å². The zero-order valence-electron chi connectivity index (χ0n) is 13.9. The Balaban J connectivity index is 1.91. The summed E-state index contributed by atoms with van der Waals surface area (Å²) >= 11 is 3.76. The number of rotatable bonds is 3. The van der Waals surface area contributed by atoms with Crippen molar-refractivity contribution in [1.29, 1.82) is 0 Å². The molecule has 1 nitrogen and oxygen atoms in total. The molecule has 2 heteroatoms. The van der Waals surface area contributed by atoms with Crippen LogP contribution in [-0.2, 0) is 4.74 Å². The van der Waals surface area contributed by atoms with Crippen molar-refractivity contribution in [3.05, 3.63) is 0 Å². The first-order valence-electron chi connectivity index (χ1n) is 8.58. The average Bonchev–Trinajstić information content (AvgIpc) is 2.38. The number of hydrogen-bond acceptors (Lipinski definition) is 1. The van der Waals surface area contributed by atoms with E-state index in [1.807, 2.05) is 0 Å². The molecule has 2 rings (SSSR count). The van der Waals surface area contributed by atoms with Gasteiger partial charge in [0.05, 0.1) is 11.7 Å². The van der Waals surface area contributed by atoms with Gasteiger partial charge in [-0.05, 0) is 55.8 Å². The molecule has 2 saturated carbocycles. The summed E-state index contributed by atoms with van der Waals surface area (Å²) in [6, 6.07) is 0. The Bertz CT molecular complexity index is 299. The van der Waals surface area contributed by atoms with E-state index < -0.39 is 0 Å². The summed E-state index contributed by atoms with van der Waals surface area (Å²) in [6.07, 6.45) is 11.0. The van der Waals surface area contributed by atoms with Crippen molar-refractivity contribution in [2.75, 3.05) is 5.33 Å². The molecule has 2 unspecified atom stereocenters. The first-order chi connectivity index (χ1) is 9.35. The van der Waals surface area contributed by atoms with E-state index in [2.05, 4.69) is 43.6 Å². The van der Waals surface area contributed by atoms with Crippen molar-refractivity contribution < 1.29 is 4.74 Å². The Morgan fingerprint density at radius 3 is 2.25 bits per heavy atom. The van der Waals surface area contributed by atoms with Crippen LogP contribution in [0.15, 0.2) is 0 Å². The molecule has 0 aliphatic heterocycles. The molecule has 0 bridgehead atoms. The molecule has 0 aromatic heterocycles. The monoisotopic (exact) mass is 344 g/mol. The van der Waals surface area contributed by atoms with Crippen molar-refractivity contribution in [2.45, 2.75) is 90.8 Å². The van der Waals surface area contributed by atoms with Gasteiger partial charge in [0.25, 0.3) is 0 Å². The van der Waals surface area contributed by atoms with E-state index in [9.17, 15) is 0 Å². The summed E-state index contributed by atoms with van der Waals surface area (Å²) in [6.45, 7) is 9.56. The first kappa shape index (κ1) is 16.8. The maximum absolute atomic E-state index is 6.65. The fraction of sp³-hybridized carbons (Fsp3) is 1.00. The van der Waals surface area contributed by atoms with Gasteiger partial charge in [-0.15, -0.1) is 0 Å². The lowest BCUT2D eigenvalue weighted by molar-refractivity contribution is -0.124. The standard InChI is InChI=1S/C18H33BrO/c1-14-6-5-7-16(12-14)20-18(13-19)10-8-15(9-11-18)17(2,3)4/h14-16H,5-13H2,1-4H3. The SMILES string of the molecule is CC1CCCC(OC2(CBr)CCC(C(C)(C)C)CC2)C1. The molecular formula is C18H33BrO. The van der Waals surface area contributed by atoms with Crippen molar-refractivity contribution in [1.82, 2.24) is 0 Å². The number of halogens is 1. The Hall–Kier alpha value is 0.440. The maximum atomic E-state index is 6.65. The van der Waals surface area contributed by atoms with Crippen LogP contribution in [0.2, 0.25) is 0 Å². The van der Waals surface area contributed by atoms with E-state index in [1.165, 1.54) is 51.4 Å². The lowest BCUT2D eigenvalue weighted by Crippen LogP contribution is -2.44. The zero-order chi connectivity index (χ0) is 14.8. The van der Waals surface area contributed by atoms with E-state index in [1.54, 1.807) is 0 Å².